The van der Waals surface area contributed by atoms with Crippen molar-refractivity contribution >= 4 is 5.97 Å². The summed E-state index contributed by atoms with van der Waals surface area (Å²) < 4.78 is 0. The molecule has 1 fully saturated rings. The summed E-state index contributed by atoms with van der Waals surface area (Å²) >= 11 is 0. The zero-order valence-corrected chi connectivity index (χ0v) is 10.7. The molecule has 100 valence electrons. The maximum Gasteiger partial charge on any atom is 0.307 e. The second-order valence-corrected chi connectivity index (χ2v) is 5.26. The van der Waals surface area contributed by atoms with Crippen LogP contribution in [0.25, 0.3) is 0 Å². The number of carboxylic acids is 1. The van der Waals surface area contributed by atoms with Crippen molar-refractivity contribution in [3.8, 4) is 0 Å². The van der Waals surface area contributed by atoms with E-state index in [2.05, 4.69) is 24.1 Å². The van der Waals surface area contributed by atoms with Crippen molar-refractivity contribution in [2.24, 2.45) is 11.8 Å². The minimum absolute atomic E-state index is 0.0957. The molecule has 2 atom stereocenters. The molecule has 2 unspecified atom stereocenters. The molecule has 17 heavy (non-hydrogen) atoms. The molecule has 3 N–H and O–H groups in total. The third-order valence-electron chi connectivity index (χ3n) is 3.04. The first-order valence-electron chi connectivity index (χ1n) is 6.32. The highest BCUT2D eigenvalue weighted by molar-refractivity contribution is 5.70. The number of aliphatic hydroxyl groups is 1. The van der Waals surface area contributed by atoms with Gasteiger partial charge in [0.15, 0.2) is 0 Å². The lowest BCUT2D eigenvalue weighted by molar-refractivity contribution is -0.144. The topological polar surface area (TPSA) is 72.8 Å². The molecule has 0 saturated carbocycles. The Labute approximate surface area is 103 Å². The van der Waals surface area contributed by atoms with E-state index >= 15 is 0 Å². The summed E-state index contributed by atoms with van der Waals surface area (Å²) in [7, 11) is 0. The number of hydrogen-bond acceptors (Lipinski definition) is 4. The average Bonchev–Trinajstić information content (AvgIpc) is 2.25. The van der Waals surface area contributed by atoms with Gasteiger partial charge in [-0.2, -0.15) is 0 Å². The van der Waals surface area contributed by atoms with Crippen LogP contribution in [-0.2, 0) is 4.79 Å². The summed E-state index contributed by atoms with van der Waals surface area (Å²) in [5, 5.41) is 21.1. The highest BCUT2D eigenvalue weighted by Gasteiger charge is 2.31. The number of nitrogens with one attached hydrogen (secondary N) is 1. The maximum absolute atomic E-state index is 11.1. The first-order valence-corrected chi connectivity index (χ1v) is 6.32. The highest BCUT2D eigenvalue weighted by Crippen LogP contribution is 2.18. The number of nitrogens with zero attached hydrogens (tertiary/aromatic N) is 1. The molecular formula is C12H24N2O3. The minimum Gasteiger partial charge on any atom is -0.481 e. The van der Waals surface area contributed by atoms with Gasteiger partial charge in [0.25, 0.3) is 0 Å². The van der Waals surface area contributed by atoms with Crippen LogP contribution in [0.1, 0.15) is 20.3 Å². The number of carbonyl (C=O) groups is 1. The average molecular weight is 244 g/mol. The zero-order valence-electron chi connectivity index (χ0n) is 10.7. The third-order valence-corrected chi connectivity index (χ3v) is 3.04. The predicted molar refractivity (Wildman–Crippen MR) is 65.9 cm³/mol. The Bertz CT molecular complexity index is 246. The fourth-order valence-electron chi connectivity index (χ4n) is 2.45. The number of aliphatic hydroxyl groups excluding tert-OH is 1. The van der Waals surface area contributed by atoms with E-state index in [-0.39, 0.29) is 18.6 Å². The molecule has 0 radical (unpaired) electrons. The first-order chi connectivity index (χ1) is 8.02. The van der Waals surface area contributed by atoms with E-state index in [1.54, 1.807) is 0 Å². The molecule has 0 aromatic rings. The summed E-state index contributed by atoms with van der Waals surface area (Å²) in [6.07, 6.45) is 0.657. The van der Waals surface area contributed by atoms with Gasteiger partial charge in [0, 0.05) is 32.2 Å². The van der Waals surface area contributed by atoms with Crippen LogP contribution in [0.2, 0.25) is 0 Å². The van der Waals surface area contributed by atoms with Gasteiger partial charge in [0.1, 0.15) is 0 Å². The van der Waals surface area contributed by atoms with Crippen LogP contribution >= 0.6 is 0 Å². The predicted octanol–water partition coefficient (Wildman–Crippen LogP) is -0.000600. The standard InChI is InChI=1S/C12H24N2O3/c1-9(2)6-14-7-10(12(16)17)5-11(8-14)13-3-4-15/h9-11,13,15H,3-8H2,1-2H3,(H,16,17). The van der Waals surface area contributed by atoms with E-state index in [1.165, 1.54) is 0 Å². The molecule has 0 bridgehead atoms. The van der Waals surface area contributed by atoms with E-state index in [1.807, 2.05) is 0 Å². The van der Waals surface area contributed by atoms with E-state index in [4.69, 9.17) is 10.2 Å². The zero-order chi connectivity index (χ0) is 12.8. The number of piperidine rings is 1. The quantitative estimate of drug-likeness (QED) is 0.613. The second kappa shape index (κ2) is 6.93. The van der Waals surface area contributed by atoms with Gasteiger partial charge in [0.05, 0.1) is 12.5 Å². The van der Waals surface area contributed by atoms with Crippen LogP contribution in [0.3, 0.4) is 0 Å². The molecule has 1 aliphatic heterocycles. The molecule has 1 rings (SSSR count). The summed E-state index contributed by atoms with van der Waals surface area (Å²) in [5.41, 5.74) is 0. The number of carboxylic acid groups (broad SMARTS) is 1. The van der Waals surface area contributed by atoms with Crippen LogP contribution in [0, 0.1) is 11.8 Å². The van der Waals surface area contributed by atoms with E-state index in [0.717, 1.165) is 13.1 Å². The lowest BCUT2D eigenvalue weighted by Crippen LogP contribution is -2.52. The van der Waals surface area contributed by atoms with Gasteiger partial charge in [-0.25, -0.2) is 0 Å². The molecule has 0 spiro atoms. The molecule has 5 heteroatoms. The number of hydrogen-bond donors (Lipinski definition) is 3. The van der Waals surface area contributed by atoms with E-state index in [0.29, 0.717) is 25.4 Å². The van der Waals surface area contributed by atoms with Gasteiger partial charge in [-0.1, -0.05) is 13.8 Å². The van der Waals surface area contributed by atoms with Gasteiger partial charge in [-0.15, -0.1) is 0 Å². The Morgan fingerprint density at radius 3 is 2.71 bits per heavy atom. The Morgan fingerprint density at radius 2 is 2.18 bits per heavy atom. The number of rotatable bonds is 6. The summed E-state index contributed by atoms with van der Waals surface area (Å²) in [6, 6.07) is 0.177. The fraction of sp³-hybridized carbons (Fsp3) is 0.917. The Hall–Kier alpha value is -0.650. The molecule has 0 amide bonds. The lowest BCUT2D eigenvalue weighted by Gasteiger charge is -2.37. The maximum atomic E-state index is 11.1. The smallest absolute Gasteiger partial charge is 0.307 e. The van der Waals surface area contributed by atoms with Crippen LogP contribution < -0.4 is 5.32 Å². The van der Waals surface area contributed by atoms with Crippen molar-refractivity contribution in [1.82, 2.24) is 10.2 Å². The van der Waals surface area contributed by atoms with Gasteiger partial charge in [0.2, 0.25) is 0 Å². The molecule has 5 nitrogen and oxygen atoms in total. The van der Waals surface area contributed by atoms with Crippen LogP contribution in [0.15, 0.2) is 0 Å². The lowest BCUT2D eigenvalue weighted by atomic mass is 9.93. The monoisotopic (exact) mass is 244 g/mol. The second-order valence-electron chi connectivity index (χ2n) is 5.26. The minimum atomic E-state index is -0.714. The van der Waals surface area contributed by atoms with Crippen LogP contribution in [-0.4, -0.2) is 59.9 Å². The Balaban J connectivity index is 2.52. The van der Waals surface area contributed by atoms with E-state index in [9.17, 15) is 4.79 Å². The molecule has 0 aromatic heterocycles. The Morgan fingerprint density at radius 1 is 1.47 bits per heavy atom. The largest absolute Gasteiger partial charge is 0.481 e. The summed E-state index contributed by atoms with van der Waals surface area (Å²) in [5.74, 6) is -0.464. The van der Waals surface area contributed by atoms with Crippen molar-refractivity contribution in [2.75, 3.05) is 32.8 Å². The van der Waals surface area contributed by atoms with Crippen LogP contribution in [0.5, 0.6) is 0 Å². The Kier molecular flexibility index (Phi) is 5.88. The van der Waals surface area contributed by atoms with Gasteiger partial charge in [-0.05, 0) is 12.3 Å². The van der Waals surface area contributed by atoms with E-state index < -0.39 is 5.97 Å². The van der Waals surface area contributed by atoms with Crippen molar-refractivity contribution < 1.29 is 15.0 Å². The van der Waals surface area contributed by atoms with Gasteiger partial charge < -0.3 is 20.4 Å². The highest BCUT2D eigenvalue weighted by atomic mass is 16.4. The normalized spacial score (nSPS) is 26.4. The third kappa shape index (κ3) is 5.02. The molecule has 1 heterocycles. The fourth-order valence-corrected chi connectivity index (χ4v) is 2.45. The van der Waals surface area contributed by atoms with Crippen molar-refractivity contribution in [3.05, 3.63) is 0 Å². The van der Waals surface area contributed by atoms with Gasteiger partial charge >= 0.3 is 5.97 Å². The summed E-state index contributed by atoms with van der Waals surface area (Å²) in [4.78, 5) is 13.3. The molecular weight excluding hydrogens is 220 g/mol. The van der Waals surface area contributed by atoms with Crippen molar-refractivity contribution in [2.45, 2.75) is 26.3 Å². The molecule has 1 aliphatic rings. The first kappa shape index (κ1) is 14.4. The van der Waals surface area contributed by atoms with Crippen LogP contribution in [0.4, 0.5) is 0 Å². The number of likely N-dealkylation sites (tertiary alicyclic amines) is 1. The van der Waals surface area contributed by atoms with Gasteiger partial charge in [-0.3, -0.25) is 4.79 Å². The van der Waals surface area contributed by atoms with Crippen molar-refractivity contribution in [1.29, 1.82) is 0 Å². The molecule has 0 aromatic carbocycles. The molecule has 0 aliphatic carbocycles. The number of aliphatic carboxylic acids is 1. The summed E-state index contributed by atoms with van der Waals surface area (Å²) in [6.45, 7) is 7.36. The van der Waals surface area contributed by atoms with Crippen molar-refractivity contribution in [3.63, 3.8) is 0 Å². The molecule has 1 saturated heterocycles. The SMILES string of the molecule is CC(C)CN1CC(NCCO)CC(C(=O)O)C1.